The van der Waals surface area contributed by atoms with E-state index in [9.17, 15) is 10.1 Å². The number of carbonyl (C=O) groups is 1. The van der Waals surface area contributed by atoms with Crippen LogP contribution in [0.2, 0.25) is 0 Å². The normalized spacial score (nSPS) is 21.5. The summed E-state index contributed by atoms with van der Waals surface area (Å²) in [7, 11) is 0. The standard InChI is InChI=1S/C20H19N5O3/c21-12-20(17-7-6-16-19(22)23-13-24-25(16)17)9-8-15(28-20)11-27-18(26)10-14-4-2-1-3-5-14/h1-7,13,15H,8-11H2,(H2,22,23,24). The van der Waals surface area contributed by atoms with Crippen LogP contribution < -0.4 is 5.73 Å². The topological polar surface area (TPSA) is 116 Å². The summed E-state index contributed by atoms with van der Waals surface area (Å²) in [5, 5.41) is 14.0. The Balaban J connectivity index is 1.44. The van der Waals surface area contributed by atoms with Crippen molar-refractivity contribution >= 4 is 17.3 Å². The molecular formula is C20H19N5O3. The summed E-state index contributed by atoms with van der Waals surface area (Å²) in [5.41, 5.74) is 6.81. The molecule has 1 aliphatic heterocycles. The first kappa shape index (κ1) is 17.9. The second kappa shape index (κ2) is 7.29. The summed E-state index contributed by atoms with van der Waals surface area (Å²) in [6, 6.07) is 15.2. The van der Waals surface area contributed by atoms with Crippen LogP contribution in [0.25, 0.3) is 5.52 Å². The van der Waals surface area contributed by atoms with Crippen molar-refractivity contribution in [1.82, 2.24) is 14.6 Å². The minimum absolute atomic E-state index is 0.107. The van der Waals surface area contributed by atoms with E-state index in [0.29, 0.717) is 29.9 Å². The molecule has 0 bridgehead atoms. The molecule has 1 aromatic carbocycles. The van der Waals surface area contributed by atoms with Crippen LogP contribution in [-0.2, 0) is 26.3 Å². The minimum atomic E-state index is -1.16. The molecule has 1 fully saturated rings. The third-order valence-electron chi connectivity index (χ3n) is 4.88. The maximum Gasteiger partial charge on any atom is 0.310 e. The van der Waals surface area contributed by atoms with Gasteiger partial charge in [0.25, 0.3) is 0 Å². The number of benzene rings is 1. The number of esters is 1. The van der Waals surface area contributed by atoms with E-state index in [1.54, 1.807) is 16.6 Å². The first-order valence-electron chi connectivity index (χ1n) is 8.98. The molecule has 2 atom stereocenters. The second-order valence-corrected chi connectivity index (χ2v) is 6.72. The molecule has 0 amide bonds. The number of rotatable bonds is 5. The lowest BCUT2D eigenvalue weighted by Gasteiger charge is -2.21. The van der Waals surface area contributed by atoms with Crippen molar-refractivity contribution in [2.75, 3.05) is 12.3 Å². The number of aromatic nitrogens is 3. The fraction of sp³-hybridized carbons (Fsp3) is 0.300. The Morgan fingerprint density at radius 2 is 2.18 bits per heavy atom. The van der Waals surface area contributed by atoms with Crippen LogP contribution in [0.4, 0.5) is 5.82 Å². The minimum Gasteiger partial charge on any atom is -0.463 e. The maximum absolute atomic E-state index is 12.1. The van der Waals surface area contributed by atoms with Crippen molar-refractivity contribution in [3.63, 3.8) is 0 Å². The molecule has 2 N–H and O–H groups in total. The van der Waals surface area contributed by atoms with Gasteiger partial charge in [-0.15, -0.1) is 0 Å². The number of hydrogen-bond acceptors (Lipinski definition) is 7. The van der Waals surface area contributed by atoms with Gasteiger partial charge < -0.3 is 15.2 Å². The highest BCUT2D eigenvalue weighted by Crippen LogP contribution is 2.39. The summed E-state index contributed by atoms with van der Waals surface area (Å²) < 4.78 is 13.0. The molecule has 0 saturated carbocycles. The lowest BCUT2D eigenvalue weighted by atomic mass is 9.98. The lowest BCUT2D eigenvalue weighted by molar-refractivity contribution is -0.148. The van der Waals surface area contributed by atoms with E-state index in [-0.39, 0.29) is 25.1 Å². The summed E-state index contributed by atoms with van der Waals surface area (Å²) >= 11 is 0. The Bertz CT molecular complexity index is 1040. The number of nitrogens with two attached hydrogens (primary N) is 1. The van der Waals surface area contributed by atoms with E-state index in [1.807, 2.05) is 30.3 Å². The van der Waals surface area contributed by atoms with Crippen molar-refractivity contribution in [3.8, 4) is 6.07 Å². The summed E-state index contributed by atoms with van der Waals surface area (Å²) in [4.78, 5) is 16.0. The molecule has 28 heavy (non-hydrogen) atoms. The van der Waals surface area contributed by atoms with E-state index in [2.05, 4.69) is 16.2 Å². The summed E-state index contributed by atoms with van der Waals surface area (Å²) in [6.45, 7) is 0.107. The van der Waals surface area contributed by atoms with E-state index < -0.39 is 5.60 Å². The first-order chi connectivity index (χ1) is 13.6. The van der Waals surface area contributed by atoms with Crippen molar-refractivity contribution in [2.45, 2.75) is 31.0 Å². The fourth-order valence-corrected chi connectivity index (χ4v) is 3.47. The van der Waals surface area contributed by atoms with Gasteiger partial charge in [0.15, 0.2) is 11.4 Å². The number of nitriles is 1. The third-order valence-corrected chi connectivity index (χ3v) is 4.88. The number of hydrogen-bond donors (Lipinski definition) is 1. The van der Waals surface area contributed by atoms with Gasteiger partial charge in [-0.3, -0.25) is 4.79 Å². The van der Waals surface area contributed by atoms with Gasteiger partial charge in [0.1, 0.15) is 24.5 Å². The lowest BCUT2D eigenvalue weighted by Crippen LogP contribution is -2.29. The second-order valence-electron chi connectivity index (χ2n) is 6.72. The maximum atomic E-state index is 12.1. The van der Waals surface area contributed by atoms with E-state index in [4.69, 9.17) is 15.2 Å². The van der Waals surface area contributed by atoms with Crippen molar-refractivity contribution in [1.29, 1.82) is 5.26 Å². The molecule has 2 aromatic heterocycles. The van der Waals surface area contributed by atoms with Gasteiger partial charge in [-0.05, 0) is 30.5 Å². The van der Waals surface area contributed by atoms with Gasteiger partial charge in [0.2, 0.25) is 0 Å². The predicted octanol–water partition coefficient (Wildman–Crippen LogP) is 2.00. The molecule has 1 saturated heterocycles. The SMILES string of the molecule is N#CC1(c2ccc3c(N)ncnn23)CCC(COC(=O)Cc2ccccc2)O1. The molecule has 142 valence electrons. The Kier molecular flexibility index (Phi) is 4.67. The van der Waals surface area contributed by atoms with E-state index in [1.165, 1.54) is 6.33 Å². The number of ether oxygens (including phenoxy) is 2. The predicted molar refractivity (Wildman–Crippen MR) is 99.9 cm³/mol. The number of nitrogens with zero attached hydrogens (tertiary/aromatic N) is 4. The van der Waals surface area contributed by atoms with Crippen LogP contribution >= 0.6 is 0 Å². The smallest absolute Gasteiger partial charge is 0.310 e. The largest absolute Gasteiger partial charge is 0.463 e. The summed E-state index contributed by atoms with van der Waals surface area (Å²) in [6.07, 6.45) is 2.26. The zero-order valence-corrected chi connectivity index (χ0v) is 15.1. The monoisotopic (exact) mass is 377 g/mol. The quantitative estimate of drug-likeness (QED) is 0.676. The van der Waals surface area contributed by atoms with Crippen LogP contribution in [0.5, 0.6) is 0 Å². The Labute approximate surface area is 161 Å². The van der Waals surface area contributed by atoms with Gasteiger partial charge in [-0.1, -0.05) is 30.3 Å². The molecule has 2 unspecified atom stereocenters. The Hall–Kier alpha value is -3.44. The van der Waals surface area contributed by atoms with Crippen molar-refractivity contribution in [3.05, 3.63) is 60.0 Å². The van der Waals surface area contributed by atoms with Gasteiger partial charge in [-0.25, -0.2) is 9.50 Å². The molecule has 0 aliphatic carbocycles. The molecule has 8 heteroatoms. The molecular weight excluding hydrogens is 358 g/mol. The molecule has 8 nitrogen and oxygen atoms in total. The van der Waals surface area contributed by atoms with Crippen LogP contribution in [0.3, 0.4) is 0 Å². The molecule has 1 aliphatic rings. The zero-order valence-electron chi connectivity index (χ0n) is 15.1. The van der Waals surface area contributed by atoms with Crippen molar-refractivity contribution < 1.29 is 14.3 Å². The highest BCUT2D eigenvalue weighted by molar-refractivity contribution is 5.72. The fourth-order valence-electron chi connectivity index (χ4n) is 3.47. The highest BCUT2D eigenvalue weighted by Gasteiger charge is 2.45. The average Bonchev–Trinajstić information content (AvgIpc) is 3.33. The van der Waals surface area contributed by atoms with Gasteiger partial charge in [0, 0.05) is 0 Å². The Morgan fingerprint density at radius 1 is 1.36 bits per heavy atom. The zero-order chi connectivity index (χ0) is 19.6. The molecule has 4 rings (SSSR count). The molecule has 3 aromatic rings. The highest BCUT2D eigenvalue weighted by atomic mass is 16.6. The molecule has 0 radical (unpaired) electrons. The molecule has 0 spiro atoms. The van der Waals surface area contributed by atoms with E-state index >= 15 is 0 Å². The van der Waals surface area contributed by atoms with Crippen molar-refractivity contribution in [2.24, 2.45) is 0 Å². The first-order valence-corrected chi connectivity index (χ1v) is 8.98. The van der Waals surface area contributed by atoms with Gasteiger partial charge >= 0.3 is 5.97 Å². The van der Waals surface area contributed by atoms with Crippen LogP contribution in [0.1, 0.15) is 24.1 Å². The van der Waals surface area contributed by atoms with Gasteiger partial charge in [-0.2, -0.15) is 10.4 Å². The third kappa shape index (κ3) is 3.28. The van der Waals surface area contributed by atoms with Gasteiger partial charge in [0.05, 0.1) is 18.2 Å². The number of fused-ring (bicyclic) bond motifs is 1. The number of anilines is 1. The molecule has 3 heterocycles. The number of nitrogen functional groups attached to an aromatic ring is 1. The summed E-state index contributed by atoms with van der Waals surface area (Å²) in [5.74, 6) is 0.0108. The van der Waals surface area contributed by atoms with Crippen LogP contribution in [0.15, 0.2) is 48.8 Å². The number of carbonyl (C=O) groups excluding carboxylic acids is 1. The van der Waals surface area contributed by atoms with Crippen LogP contribution in [-0.4, -0.2) is 33.3 Å². The average molecular weight is 377 g/mol. The van der Waals surface area contributed by atoms with E-state index in [0.717, 1.165) is 5.56 Å². The Morgan fingerprint density at radius 3 is 2.96 bits per heavy atom. The van der Waals surface area contributed by atoms with Crippen LogP contribution in [0, 0.1) is 11.3 Å².